The Kier molecular flexibility index (Phi) is 2.65. The summed E-state index contributed by atoms with van der Waals surface area (Å²) < 4.78 is 0. The highest BCUT2D eigenvalue weighted by Gasteiger charge is 2.32. The molecule has 1 saturated heterocycles. The van der Waals surface area contributed by atoms with E-state index < -0.39 is 0 Å². The summed E-state index contributed by atoms with van der Waals surface area (Å²) in [4.78, 5) is 13.2. The monoisotopic (exact) mass is 183 g/mol. The van der Waals surface area contributed by atoms with Gasteiger partial charge in [0.1, 0.15) is 5.78 Å². The third kappa shape index (κ3) is 1.92. The number of likely N-dealkylation sites (tertiary alicyclic amines) is 1. The van der Waals surface area contributed by atoms with E-state index in [1.165, 1.54) is 6.42 Å². The van der Waals surface area contributed by atoms with E-state index in [4.69, 9.17) is 0 Å². The lowest BCUT2D eigenvalue weighted by molar-refractivity contribution is -0.117. The molecule has 2 unspecified atom stereocenters. The number of aliphatic hydroxyl groups excluding tert-OH is 1. The average Bonchev–Trinajstić information content (AvgIpc) is 2.53. The molecule has 1 saturated carbocycles. The van der Waals surface area contributed by atoms with Gasteiger partial charge in [0.05, 0.1) is 12.6 Å². The Morgan fingerprint density at radius 2 is 2.08 bits per heavy atom. The van der Waals surface area contributed by atoms with Gasteiger partial charge in [-0.25, -0.2) is 0 Å². The quantitative estimate of drug-likeness (QED) is 0.646. The predicted molar refractivity (Wildman–Crippen MR) is 49.5 cm³/mol. The molecule has 0 aromatic carbocycles. The number of rotatable bonds is 1. The first kappa shape index (κ1) is 9.16. The van der Waals surface area contributed by atoms with Gasteiger partial charge in [0.2, 0.25) is 0 Å². The van der Waals surface area contributed by atoms with Crippen molar-refractivity contribution in [2.75, 3.05) is 13.1 Å². The van der Waals surface area contributed by atoms with Gasteiger partial charge in [0.25, 0.3) is 0 Å². The molecule has 0 bridgehead atoms. The molecule has 3 heteroatoms. The maximum Gasteiger partial charge on any atom is 0.148 e. The molecule has 1 aliphatic carbocycles. The van der Waals surface area contributed by atoms with Gasteiger partial charge in [0.15, 0.2) is 0 Å². The van der Waals surface area contributed by atoms with Crippen LogP contribution in [0.25, 0.3) is 0 Å². The standard InChI is InChI=1S/C10H17NO2/c12-8-5-6-11(7-8)9-3-1-2-4-10(9)13/h9-10,13H,1-7H2. The number of nitrogens with zero attached hydrogens (tertiary/aromatic N) is 1. The van der Waals surface area contributed by atoms with Crippen LogP contribution in [0.15, 0.2) is 0 Å². The summed E-state index contributed by atoms with van der Waals surface area (Å²) in [6.07, 6.45) is 4.80. The van der Waals surface area contributed by atoms with Crippen molar-refractivity contribution in [2.45, 2.75) is 44.2 Å². The molecule has 1 aliphatic heterocycles. The van der Waals surface area contributed by atoms with Crippen LogP contribution in [-0.2, 0) is 4.79 Å². The molecular weight excluding hydrogens is 166 g/mol. The number of ketones is 1. The smallest absolute Gasteiger partial charge is 0.148 e. The van der Waals surface area contributed by atoms with E-state index in [0.717, 1.165) is 25.8 Å². The molecule has 3 nitrogen and oxygen atoms in total. The molecule has 2 atom stereocenters. The summed E-state index contributed by atoms with van der Waals surface area (Å²) in [5.74, 6) is 0.331. The molecule has 0 aromatic rings. The van der Waals surface area contributed by atoms with Crippen molar-refractivity contribution >= 4 is 5.78 Å². The molecule has 0 spiro atoms. The van der Waals surface area contributed by atoms with Crippen molar-refractivity contribution in [3.63, 3.8) is 0 Å². The summed E-state index contributed by atoms with van der Waals surface area (Å²) in [6, 6.07) is 0.264. The van der Waals surface area contributed by atoms with Crippen LogP contribution >= 0.6 is 0 Å². The zero-order chi connectivity index (χ0) is 9.26. The molecule has 1 heterocycles. The van der Waals surface area contributed by atoms with E-state index in [9.17, 15) is 9.90 Å². The van der Waals surface area contributed by atoms with Crippen LogP contribution in [0.1, 0.15) is 32.1 Å². The van der Waals surface area contributed by atoms with E-state index in [1.807, 2.05) is 0 Å². The van der Waals surface area contributed by atoms with Gasteiger partial charge < -0.3 is 5.11 Å². The van der Waals surface area contributed by atoms with Crippen molar-refractivity contribution in [1.29, 1.82) is 0 Å². The van der Waals surface area contributed by atoms with Gasteiger partial charge in [0, 0.05) is 19.0 Å². The Labute approximate surface area is 78.7 Å². The van der Waals surface area contributed by atoms with Crippen molar-refractivity contribution in [3.8, 4) is 0 Å². The van der Waals surface area contributed by atoms with Crippen LogP contribution in [0.5, 0.6) is 0 Å². The second-order valence-corrected chi connectivity index (χ2v) is 4.18. The molecule has 2 aliphatic rings. The fraction of sp³-hybridized carbons (Fsp3) is 0.900. The zero-order valence-corrected chi connectivity index (χ0v) is 7.91. The first-order valence-corrected chi connectivity index (χ1v) is 5.21. The highest BCUT2D eigenvalue weighted by molar-refractivity contribution is 5.82. The first-order chi connectivity index (χ1) is 6.27. The minimum absolute atomic E-state index is 0.195. The van der Waals surface area contributed by atoms with E-state index >= 15 is 0 Å². The third-order valence-electron chi connectivity index (χ3n) is 3.22. The Morgan fingerprint density at radius 3 is 2.69 bits per heavy atom. The number of aliphatic hydroxyl groups is 1. The molecular formula is C10H17NO2. The first-order valence-electron chi connectivity index (χ1n) is 5.21. The molecule has 1 N–H and O–H groups in total. The number of hydrogen-bond donors (Lipinski definition) is 1. The van der Waals surface area contributed by atoms with Gasteiger partial charge in [-0.3, -0.25) is 9.69 Å². The van der Waals surface area contributed by atoms with Gasteiger partial charge in [-0.2, -0.15) is 0 Å². The third-order valence-corrected chi connectivity index (χ3v) is 3.22. The van der Waals surface area contributed by atoms with Gasteiger partial charge in [-0.05, 0) is 12.8 Å². The van der Waals surface area contributed by atoms with Crippen molar-refractivity contribution < 1.29 is 9.90 Å². The van der Waals surface area contributed by atoms with E-state index in [-0.39, 0.29) is 12.1 Å². The average molecular weight is 183 g/mol. The lowest BCUT2D eigenvalue weighted by atomic mass is 9.91. The molecule has 0 radical (unpaired) electrons. The summed E-state index contributed by atoms with van der Waals surface area (Å²) >= 11 is 0. The fourth-order valence-electron chi connectivity index (χ4n) is 2.45. The van der Waals surface area contributed by atoms with E-state index in [2.05, 4.69) is 4.90 Å². The minimum atomic E-state index is -0.195. The topological polar surface area (TPSA) is 40.5 Å². The predicted octanol–water partition coefficient (Wildman–Crippen LogP) is 0.565. The van der Waals surface area contributed by atoms with Crippen molar-refractivity contribution in [3.05, 3.63) is 0 Å². The molecule has 0 aromatic heterocycles. The van der Waals surface area contributed by atoms with Crippen LogP contribution < -0.4 is 0 Å². The Morgan fingerprint density at radius 1 is 1.31 bits per heavy atom. The fourth-order valence-corrected chi connectivity index (χ4v) is 2.45. The molecule has 13 heavy (non-hydrogen) atoms. The molecule has 2 rings (SSSR count). The molecule has 74 valence electrons. The van der Waals surface area contributed by atoms with Crippen LogP contribution in [0, 0.1) is 0 Å². The van der Waals surface area contributed by atoms with Crippen LogP contribution in [0.3, 0.4) is 0 Å². The zero-order valence-electron chi connectivity index (χ0n) is 7.91. The van der Waals surface area contributed by atoms with Crippen molar-refractivity contribution in [1.82, 2.24) is 4.90 Å². The second kappa shape index (κ2) is 3.76. The molecule has 0 amide bonds. The van der Waals surface area contributed by atoms with E-state index in [1.54, 1.807) is 0 Å². The van der Waals surface area contributed by atoms with Crippen LogP contribution in [0.4, 0.5) is 0 Å². The van der Waals surface area contributed by atoms with E-state index in [0.29, 0.717) is 18.7 Å². The van der Waals surface area contributed by atoms with Crippen LogP contribution in [-0.4, -0.2) is 41.0 Å². The SMILES string of the molecule is O=C1CCN(C2CCCCC2O)C1. The lowest BCUT2D eigenvalue weighted by Gasteiger charge is -2.34. The number of Topliss-reactive ketones (excluding diaryl/α,β-unsaturated/α-hetero) is 1. The summed E-state index contributed by atoms with van der Waals surface area (Å²) in [5, 5.41) is 9.76. The largest absolute Gasteiger partial charge is 0.391 e. The Bertz CT molecular complexity index is 205. The summed E-state index contributed by atoms with van der Waals surface area (Å²) in [6.45, 7) is 1.43. The minimum Gasteiger partial charge on any atom is -0.391 e. The Balaban J connectivity index is 1.94. The number of hydrogen-bond acceptors (Lipinski definition) is 3. The Hall–Kier alpha value is -0.410. The summed E-state index contributed by atoms with van der Waals surface area (Å²) in [5.41, 5.74) is 0. The van der Waals surface area contributed by atoms with Gasteiger partial charge in [-0.15, -0.1) is 0 Å². The normalized spacial score (nSPS) is 36.8. The second-order valence-electron chi connectivity index (χ2n) is 4.18. The highest BCUT2D eigenvalue weighted by Crippen LogP contribution is 2.25. The van der Waals surface area contributed by atoms with Crippen LogP contribution in [0.2, 0.25) is 0 Å². The number of carbonyl (C=O) groups is 1. The maximum atomic E-state index is 11.1. The van der Waals surface area contributed by atoms with Gasteiger partial charge >= 0.3 is 0 Å². The lowest BCUT2D eigenvalue weighted by Crippen LogP contribution is -2.44. The van der Waals surface area contributed by atoms with Gasteiger partial charge in [-0.1, -0.05) is 12.8 Å². The van der Waals surface area contributed by atoms with Crippen molar-refractivity contribution in [2.24, 2.45) is 0 Å². The highest BCUT2D eigenvalue weighted by atomic mass is 16.3. The number of carbonyl (C=O) groups excluding carboxylic acids is 1. The molecule has 2 fully saturated rings. The summed E-state index contributed by atoms with van der Waals surface area (Å²) in [7, 11) is 0. The maximum absolute atomic E-state index is 11.1.